The number of thiophene rings is 1. The van der Waals surface area contributed by atoms with E-state index in [1.54, 1.807) is 6.92 Å². The summed E-state index contributed by atoms with van der Waals surface area (Å²) in [6.45, 7) is 5.40. The van der Waals surface area contributed by atoms with Crippen LogP contribution in [0.5, 0.6) is 0 Å². The summed E-state index contributed by atoms with van der Waals surface area (Å²) in [5.74, 6) is -0.934. The zero-order chi connectivity index (χ0) is 17.4. The fraction of sp³-hybridized carbons (Fsp3) is 0.235. The molecule has 3 aromatic rings. The highest BCUT2D eigenvalue weighted by molar-refractivity contribution is 7.18. The number of H-pyrrole nitrogens is 1. The average Bonchev–Trinajstić information content (AvgIpc) is 2.82. The van der Waals surface area contributed by atoms with Crippen LogP contribution in [0.3, 0.4) is 0 Å². The quantitative estimate of drug-likeness (QED) is 0.735. The molecule has 0 saturated heterocycles. The van der Waals surface area contributed by atoms with Crippen molar-refractivity contribution in [3.8, 4) is 0 Å². The highest BCUT2D eigenvalue weighted by Crippen LogP contribution is 2.27. The Morgan fingerprint density at radius 3 is 2.83 bits per heavy atom. The third kappa shape index (κ3) is 2.94. The molecular formula is C17H15FN2O3S. The van der Waals surface area contributed by atoms with Crippen LogP contribution in [0.15, 0.2) is 29.1 Å². The van der Waals surface area contributed by atoms with Crippen LogP contribution in [0.25, 0.3) is 10.2 Å². The molecule has 0 radical (unpaired) electrons. The van der Waals surface area contributed by atoms with Gasteiger partial charge in [-0.15, -0.1) is 11.3 Å². The minimum atomic E-state index is -0.763. The summed E-state index contributed by atoms with van der Waals surface area (Å²) < 4.78 is 18.5. The van der Waals surface area contributed by atoms with E-state index < -0.39 is 17.9 Å². The van der Waals surface area contributed by atoms with Crippen LogP contribution in [0.4, 0.5) is 4.39 Å². The van der Waals surface area contributed by atoms with E-state index in [2.05, 4.69) is 9.97 Å². The molecule has 2 aromatic heterocycles. The Hall–Kier alpha value is -2.54. The molecule has 0 spiro atoms. The van der Waals surface area contributed by atoms with E-state index in [0.29, 0.717) is 10.2 Å². The summed E-state index contributed by atoms with van der Waals surface area (Å²) in [4.78, 5) is 33.0. The van der Waals surface area contributed by atoms with Crippen molar-refractivity contribution in [2.45, 2.75) is 26.9 Å². The van der Waals surface area contributed by atoms with Crippen LogP contribution >= 0.6 is 11.3 Å². The predicted octanol–water partition coefficient (Wildman–Crippen LogP) is 3.66. The maximum absolute atomic E-state index is 13.2. The molecule has 0 amide bonds. The molecule has 5 nitrogen and oxygen atoms in total. The zero-order valence-electron chi connectivity index (χ0n) is 13.3. The number of aromatic nitrogens is 2. The van der Waals surface area contributed by atoms with Gasteiger partial charge in [0.1, 0.15) is 10.6 Å². The van der Waals surface area contributed by atoms with Gasteiger partial charge in [-0.25, -0.2) is 14.2 Å². The summed E-state index contributed by atoms with van der Waals surface area (Å²) in [5.41, 5.74) is 0.748. The van der Waals surface area contributed by atoms with Gasteiger partial charge in [-0.3, -0.25) is 4.79 Å². The van der Waals surface area contributed by atoms with Gasteiger partial charge >= 0.3 is 5.97 Å². The molecule has 3 rings (SSSR count). The van der Waals surface area contributed by atoms with E-state index in [1.807, 2.05) is 13.8 Å². The Labute approximate surface area is 141 Å². The number of ether oxygens (including phenoxy) is 1. The van der Waals surface area contributed by atoms with E-state index in [-0.39, 0.29) is 16.9 Å². The van der Waals surface area contributed by atoms with E-state index in [0.717, 1.165) is 16.5 Å². The zero-order valence-corrected chi connectivity index (χ0v) is 14.2. The molecule has 7 heteroatoms. The van der Waals surface area contributed by atoms with E-state index >= 15 is 0 Å². The lowest BCUT2D eigenvalue weighted by Crippen LogP contribution is -2.17. The largest absolute Gasteiger partial charge is 0.451 e. The Morgan fingerprint density at radius 2 is 2.12 bits per heavy atom. The Morgan fingerprint density at radius 1 is 1.38 bits per heavy atom. The van der Waals surface area contributed by atoms with Gasteiger partial charge in [0.15, 0.2) is 11.9 Å². The van der Waals surface area contributed by atoms with Crippen LogP contribution in [0, 0.1) is 19.7 Å². The van der Waals surface area contributed by atoms with Gasteiger partial charge in [-0.2, -0.15) is 0 Å². The van der Waals surface area contributed by atoms with Crippen LogP contribution < -0.4 is 5.56 Å². The lowest BCUT2D eigenvalue weighted by Gasteiger charge is -2.12. The number of fused-ring (bicyclic) bond motifs is 1. The van der Waals surface area contributed by atoms with Crippen LogP contribution in [-0.2, 0) is 4.74 Å². The third-order valence-electron chi connectivity index (χ3n) is 3.79. The molecule has 0 bridgehead atoms. The molecule has 124 valence electrons. The summed E-state index contributed by atoms with van der Waals surface area (Å²) >= 11 is 1.42. The maximum atomic E-state index is 13.2. The van der Waals surface area contributed by atoms with Gasteiger partial charge in [-0.1, -0.05) is 6.07 Å². The first-order valence-corrected chi connectivity index (χ1v) is 8.15. The molecule has 0 fully saturated rings. The van der Waals surface area contributed by atoms with Crippen molar-refractivity contribution in [3.05, 3.63) is 62.3 Å². The predicted molar refractivity (Wildman–Crippen MR) is 89.9 cm³/mol. The van der Waals surface area contributed by atoms with Gasteiger partial charge < -0.3 is 9.72 Å². The highest BCUT2D eigenvalue weighted by Gasteiger charge is 2.19. The van der Waals surface area contributed by atoms with Gasteiger partial charge in [0.05, 0.1) is 10.9 Å². The van der Waals surface area contributed by atoms with Crippen LogP contribution in [0.2, 0.25) is 0 Å². The molecule has 0 aliphatic carbocycles. The standard InChI is InChI=1S/C17H15FN2O3S/c1-8-10(3)24-16-13(8)15(21)19-14(20-16)9(2)23-17(22)11-5-4-6-12(18)7-11/h4-7,9H,1-3H3,(H,19,20,21)/t9-/m0/s1. The first-order valence-electron chi connectivity index (χ1n) is 7.33. The van der Waals surface area contributed by atoms with Crippen molar-refractivity contribution >= 4 is 27.5 Å². The second kappa shape index (κ2) is 6.16. The first kappa shape index (κ1) is 16.3. The van der Waals surface area contributed by atoms with E-state index in [4.69, 9.17) is 4.74 Å². The monoisotopic (exact) mass is 346 g/mol. The van der Waals surface area contributed by atoms with Crippen molar-refractivity contribution in [1.29, 1.82) is 0 Å². The molecule has 1 aromatic carbocycles. The van der Waals surface area contributed by atoms with Crippen molar-refractivity contribution < 1.29 is 13.9 Å². The molecule has 1 atom stereocenters. The van der Waals surface area contributed by atoms with Gasteiger partial charge in [0.2, 0.25) is 0 Å². The second-order valence-electron chi connectivity index (χ2n) is 5.47. The number of nitrogens with zero attached hydrogens (tertiary/aromatic N) is 1. The minimum absolute atomic E-state index is 0.105. The molecule has 2 heterocycles. The molecule has 0 aliphatic heterocycles. The van der Waals surface area contributed by atoms with Gasteiger partial charge in [-0.05, 0) is 44.5 Å². The number of nitrogens with one attached hydrogen (secondary N) is 1. The normalized spacial score (nSPS) is 12.3. The topological polar surface area (TPSA) is 72.0 Å². The number of aryl methyl sites for hydroxylation is 2. The minimum Gasteiger partial charge on any atom is -0.451 e. The number of carbonyl (C=O) groups excluding carboxylic acids is 1. The number of hydrogen-bond acceptors (Lipinski definition) is 5. The van der Waals surface area contributed by atoms with E-state index in [1.165, 1.54) is 29.5 Å². The maximum Gasteiger partial charge on any atom is 0.338 e. The lowest BCUT2D eigenvalue weighted by molar-refractivity contribution is 0.0319. The molecule has 1 N–H and O–H groups in total. The number of rotatable bonds is 3. The molecular weight excluding hydrogens is 331 g/mol. The summed E-state index contributed by atoms with van der Waals surface area (Å²) in [7, 11) is 0. The first-order chi connectivity index (χ1) is 11.4. The SMILES string of the molecule is Cc1sc2nc([C@H](C)OC(=O)c3cccc(F)c3)[nH]c(=O)c2c1C. The highest BCUT2D eigenvalue weighted by atomic mass is 32.1. The van der Waals surface area contributed by atoms with E-state index in [9.17, 15) is 14.0 Å². The third-order valence-corrected chi connectivity index (χ3v) is 4.89. The fourth-order valence-corrected chi connectivity index (χ4v) is 3.40. The lowest BCUT2D eigenvalue weighted by atomic mass is 10.2. The second-order valence-corrected chi connectivity index (χ2v) is 6.68. The fourth-order valence-electron chi connectivity index (χ4n) is 2.36. The van der Waals surface area contributed by atoms with Crippen molar-refractivity contribution in [2.75, 3.05) is 0 Å². The Kier molecular flexibility index (Phi) is 4.19. The Bertz CT molecular complexity index is 993. The molecule has 0 unspecified atom stereocenters. The average molecular weight is 346 g/mol. The van der Waals surface area contributed by atoms with Gasteiger partial charge in [0.25, 0.3) is 5.56 Å². The molecule has 0 aliphatic rings. The number of benzene rings is 1. The number of hydrogen-bond donors (Lipinski definition) is 1. The smallest absolute Gasteiger partial charge is 0.338 e. The van der Waals surface area contributed by atoms with Crippen LogP contribution in [0.1, 0.15) is 39.7 Å². The van der Waals surface area contributed by atoms with Crippen LogP contribution in [-0.4, -0.2) is 15.9 Å². The van der Waals surface area contributed by atoms with Gasteiger partial charge in [0, 0.05) is 4.88 Å². The summed E-state index contributed by atoms with van der Waals surface area (Å²) in [6, 6.07) is 5.23. The van der Waals surface area contributed by atoms with Crippen molar-refractivity contribution in [1.82, 2.24) is 9.97 Å². The molecule has 24 heavy (non-hydrogen) atoms. The summed E-state index contributed by atoms with van der Waals surface area (Å²) in [6.07, 6.45) is -0.763. The number of halogens is 1. The number of esters is 1. The van der Waals surface area contributed by atoms with Crippen molar-refractivity contribution in [3.63, 3.8) is 0 Å². The summed E-state index contributed by atoms with van der Waals surface area (Å²) in [5, 5.41) is 0.560. The number of aromatic amines is 1. The number of carbonyl (C=O) groups is 1. The van der Waals surface area contributed by atoms with Crippen molar-refractivity contribution in [2.24, 2.45) is 0 Å². The molecule has 0 saturated carbocycles. The Balaban J connectivity index is 1.90.